The predicted molar refractivity (Wildman–Crippen MR) is 117 cm³/mol. The molecule has 142 valence electrons. The lowest BCUT2D eigenvalue weighted by Gasteiger charge is -2.27. The molecule has 0 saturated heterocycles. The second kappa shape index (κ2) is 8.38. The van der Waals surface area contributed by atoms with Gasteiger partial charge in [-0.05, 0) is 59.4 Å². The van der Waals surface area contributed by atoms with E-state index in [0.717, 1.165) is 18.6 Å². The molecule has 1 aliphatic rings. The van der Waals surface area contributed by atoms with Crippen molar-refractivity contribution in [3.8, 4) is 5.75 Å². The summed E-state index contributed by atoms with van der Waals surface area (Å²) in [7, 11) is 1.68. The SMILES string of the molecule is COc1ccc(CN=C2CCC(c3ccc(Cl)c(Cl)c3)c3ccccc32)cc1. The highest BCUT2D eigenvalue weighted by Gasteiger charge is 2.25. The zero-order valence-corrected chi connectivity index (χ0v) is 17.2. The van der Waals surface area contributed by atoms with Gasteiger partial charge in [-0.1, -0.05) is 65.7 Å². The number of hydrogen-bond donors (Lipinski definition) is 0. The van der Waals surface area contributed by atoms with E-state index in [9.17, 15) is 0 Å². The first kappa shape index (κ1) is 19.0. The van der Waals surface area contributed by atoms with Crippen LogP contribution in [0, 0.1) is 0 Å². The molecule has 0 bridgehead atoms. The third-order valence-corrected chi connectivity index (χ3v) is 6.01. The Kier molecular flexibility index (Phi) is 5.70. The quantitative estimate of drug-likeness (QED) is 0.458. The minimum absolute atomic E-state index is 0.311. The summed E-state index contributed by atoms with van der Waals surface area (Å²) in [6, 6.07) is 22.6. The van der Waals surface area contributed by atoms with Gasteiger partial charge in [0.1, 0.15) is 5.75 Å². The molecule has 0 fully saturated rings. The van der Waals surface area contributed by atoms with Crippen LogP contribution in [0.3, 0.4) is 0 Å². The van der Waals surface area contributed by atoms with Crippen LogP contribution >= 0.6 is 23.2 Å². The van der Waals surface area contributed by atoms with Gasteiger partial charge in [-0.15, -0.1) is 0 Å². The second-order valence-corrected chi connectivity index (χ2v) is 7.78. The van der Waals surface area contributed by atoms with Crippen LogP contribution in [0.4, 0.5) is 0 Å². The standard InChI is InChI=1S/C24H21Cl2NO/c1-28-18-9-6-16(7-10-18)15-27-24-13-11-19(20-4-2-3-5-21(20)24)17-8-12-22(25)23(26)14-17/h2-10,12,14,19H,11,13,15H2,1H3. The highest BCUT2D eigenvalue weighted by atomic mass is 35.5. The summed E-state index contributed by atoms with van der Waals surface area (Å²) in [5, 5.41) is 1.20. The third-order valence-electron chi connectivity index (χ3n) is 5.27. The predicted octanol–water partition coefficient (Wildman–Crippen LogP) is 6.92. The molecule has 1 unspecified atom stereocenters. The topological polar surface area (TPSA) is 21.6 Å². The molecular formula is C24H21Cl2NO. The molecule has 4 heteroatoms. The Morgan fingerprint density at radius 3 is 2.50 bits per heavy atom. The first-order valence-corrected chi connectivity index (χ1v) is 10.1. The van der Waals surface area contributed by atoms with Crippen molar-refractivity contribution in [2.24, 2.45) is 4.99 Å². The number of halogens is 2. The molecule has 1 aliphatic carbocycles. The molecule has 0 aliphatic heterocycles. The van der Waals surface area contributed by atoms with E-state index in [0.29, 0.717) is 22.5 Å². The van der Waals surface area contributed by atoms with E-state index in [2.05, 4.69) is 42.5 Å². The zero-order valence-electron chi connectivity index (χ0n) is 15.7. The largest absolute Gasteiger partial charge is 0.497 e. The number of rotatable bonds is 4. The van der Waals surface area contributed by atoms with Gasteiger partial charge in [0.25, 0.3) is 0 Å². The van der Waals surface area contributed by atoms with Crippen molar-refractivity contribution >= 4 is 28.9 Å². The number of fused-ring (bicyclic) bond motifs is 1. The van der Waals surface area contributed by atoms with Crippen molar-refractivity contribution < 1.29 is 4.74 Å². The minimum atomic E-state index is 0.311. The van der Waals surface area contributed by atoms with E-state index < -0.39 is 0 Å². The fourth-order valence-electron chi connectivity index (χ4n) is 3.79. The summed E-state index contributed by atoms with van der Waals surface area (Å²) in [4.78, 5) is 4.94. The van der Waals surface area contributed by atoms with Crippen LogP contribution in [-0.4, -0.2) is 12.8 Å². The minimum Gasteiger partial charge on any atom is -0.497 e. The molecule has 1 atom stereocenters. The maximum atomic E-state index is 6.26. The van der Waals surface area contributed by atoms with Crippen molar-refractivity contribution in [2.75, 3.05) is 7.11 Å². The Labute approximate surface area is 175 Å². The fraction of sp³-hybridized carbons (Fsp3) is 0.208. The van der Waals surface area contributed by atoms with E-state index in [1.807, 2.05) is 24.3 Å². The van der Waals surface area contributed by atoms with Gasteiger partial charge in [0.2, 0.25) is 0 Å². The molecule has 0 heterocycles. The maximum Gasteiger partial charge on any atom is 0.118 e. The third kappa shape index (κ3) is 3.94. The molecule has 0 N–H and O–H groups in total. The van der Waals surface area contributed by atoms with Crippen molar-refractivity contribution in [3.05, 3.63) is 99.0 Å². The van der Waals surface area contributed by atoms with Crippen LogP contribution in [0.1, 0.15) is 41.0 Å². The van der Waals surface area contributed by atoms with Crippen LogP contribution in [0.15, 0.2) is 71.7 Å². The molecule has 0 amide bonds. The first-order chi connectivity index (χ1) is 13.7. The Bertz CT molecular complexity index is 1010. The molecule has 0 aromatic heterocycles. The molecule has 0 saturated carbocycles. The number of aliphatic imine (C=N–C) groups is 1. The summed E-state index contributed by atoms with van der Waals surface area (Å²) in [5.41, 5.74) is 6.09. The molecule has 2 nitrogen and oxygen atoms in total. The Morgan fingerprint density at radius 2 is 1.75 bits per heavy atom. The molecular weight excluding hydrogens is 389 g/mol. The number of ether oxygens (including phenoxy) is 1. The summed E-state index contributed by atoms with van der Waals surface area (Å²) in [6.07, 6.45) is 1.95. The van der Waals surface area contributed by atoms with Gasteiger partial charge in [-0.3, -0.25) is 4.99 Å². The van der Waals surface area contributed by atoms with Crippen LogP contribution < -0.4 is 4.74 Å². The fourth-order valence-corrected chi connectivity index (χ4v) is 4.10. The average Bonchev–Trinajstić information content (AvgIpc) is 2.74. The van der Waals surface area contributed by atoms with Crippen molar-refractivity contribution in [1.82, 2.24) is 0 Å². The normalized spacial score (nSPS) is 17.4. The summed E-state index contributed by atoms with van der Waals surface area (Å²) in [6.45, 7) is 0.672. The van der Waals surface area contributed by atoms with Gasteiger partial charge in [-0.2, -0.15) is 0 Å². The van der Waals surface area contributed by atoms with Crippen LogP contribution in [-0.2, 0) is 6.54 Å². The van der Waals surface area contributed by atoms with Crippen LogP contribution in [0.5, 0.6) is 5.75 Å². The van der Waals surface area contributed by atoms with Gasteiger partial charge in [0, 0.05) is 11.6 Å². The highest BCUT2D eigenvalue weighted by molar-refractivity contribution is 6.42. The Morgan fingerprint density at radius 1 is 0.964 bits per heavy atom. The number of methoxy groups -OCH3 is 1. The van der Waals surface area contributed by atoms with E-state index in [-0.39, 0.29) is 0 Å². The summed E-state index contributed by atoms with van der Waals surface area (Å²) >= 11 is 12.4. The van der Waals surface area contributed by atoms with Crippen molar-refractivity contribution in [1.29, 1.82) is 0 Å². The molecule has 4 rings (SSSR count). The van der Waals surface area contributed by atoms with E-state index in [1.54, 1.807) is 7.11 Å². The Balaban J connectivity index is 1.62. The molecule has 0 radical (unpaired) electrons. The Hall–Kier alpha value is -2.29. The molecule has 3 aromatic rings. The van der Waals surface area contributed by atoms with Crippen molar-refractivity contribution in [3.63, 3.8) is 0 Å². The second-order valence-electron chi connectivity index (χ2n) is 6.96. The van der Waals surface area contributed by atoms with Gasteiger partial charge in [0.15, 0.2) is 0 Å². The highest BCUT2D eigenvalue weighted by Crippen LogP contribution is 2.38. The molecule has 28 heavy (non-hydrogen) atoms. The lowest BCUT2D eigenvalue weighted by Crippen LogP contribution is -2.17. The van der Waals surface area contributed by atoms with Gasteiger partial charge >= 0.3 is 0 Å². The van der Waals surface area contributed by atoms with Gasteiger partial charge < -0.3 is 4.74 Å². The van der Waals surface area contributed by atoms with Gasteiger partial charge in [-0.25, -0.2) is 0 Å². The van der Waals surface area contributed by atoms with Crippen LogP contribution in [0.25, 0.3) is 0 Å². The number of hydrogen-bond acceptors (Lipinski definition) is 2. The first-order valence-electron chi connectivity index (χ1n) is 9.36. The average molecular weight is 410 g/mol. The molecule has 3 aromatic carbocycles. The van der Waals surface area contributed by atoms with Gasteiger partial charge in [0.05, 0.1) is 23.7 Å². The summed E-state index contributed by atoms with van der Waals surface area (Å²) in [5.74, 6) is 1.18. The lowest BCUT2D eigenvalue weighted by atomic mass is 9.78. The lowest BCUT2D eigenvalue weighted by molar-refractivity contribution is 0.414. The molecule has 0 spiro atoms. The van der Waals surface area contributed by atoms with E-state index in [1.165, 1.54) is 28.0 Å². The van der Waals surface area contributed by atoms with E-state index >= 15 is 0 Å². The van der Waals surface area contributed by atoms with Crippen molar-refractivity contribution in [2.45, 2.75) is 25.3 Å². The smallest absolute Gasteiger partial charge is 0.118 e. The van der Waals surface area contributed by atoms with Crippen LogP contribution in [0.2, 0.25) is 10.0 Å². The number of nitrogens with zero attached hydrogens (tertiary/aromatic N) is 1. The van der Waals surface area contributed by atoms with E-state index in [4.69, 9.17) is 32.9 Å². The monoisotopic (exact) mass is 409 g/mol. The number of benzene rings is 3. The zero-order chi connectivity index (χ0) is 19.5. The summed E-state index contributed by atoms with van der Waals surface area (Å²) < 4.78 is 5.23. The maximum absolute atomic E-state index is 6.26.